The molecule has 0 fully saturated rings. The highest BCUT2D eigenvalue weighted by Crippen LogP contribution is 2.15. The van der Waals surface area contributed by atoms with Crippen molar-refractivity contribution in [2.24, 2.45) is 0 Å². The lowest BCUT2D eigenvalue weighted by Gasteiger charge is -2.06. The van der Waals surface area contributed by atoms with Crippen LogP contribution < -0.4 is 5.32 Å². The lowest BCUT2D eigenvalue weighted by atomic mass is 10.2. The number of benzene rings is 1. The molecule has 2 heteroatoms. The molecule has 14 heavy (non-hydrogen) atoms. The maximum atomic E-state index is 5.79. The van der Waals surface area contributed by atoms with Gasteiger partial charge in [-0.15, -0.1) is 0 Å². The average Bonchev–Trinajstić information content (AvgIpc) is 2.70. The molecule has 0 aromatic heterocycles. The second-order valence-electron chi connectivity index (χ2n) is 3.32. The third-order valence-electron chi connectivity index (χ3n) is 2.21. The molecule has 0 amide bonds. The van der Waals surface area contributed by atoms with E-state index in [2.05, 4.69) is 23.5 Å². The predicted molar refractivity (Wildman–Crippen MR) is 61.8 cm³/mol. The molecule has 1 aliphatic carbocycles. The van der Waals surface area contributed by atoms with Crippen LogP contribution in [0.1, 0.15) is 6.42 Å². The Labute approximate surface area is 89.1 Å². The molecule has 0 aliphatic heterocycles. The SMILES string of the molecule is Clc1ccc(NCC2=CC=CC2)cc1. The molecule has 0 spiro atoms. The first-order valence-electron chi connectivity index (χ1n) is 4.68. The van der Waals surface area contributed by atoms with E-state index in [0.29, 0.717) is 0 Å². The van der Waals surface area contributed by atoms with E-state index < -0.39 is 0 Å². The Hall–Kier alpha value is -1.21. The molecule has 0 bridgehead atoms. The van der Waals surface area contributed by atoms with Crippen molar-refractivity contribution in [1.29, 1.82) is 0 Å². The van der Waals surface area contributed by atoms with Crippen LogP contribution >= 0.6 is 11.6 Å². The van der Waals surface area contributed by atoms with Crippen LogP contribution in [0.3, 0.4) is 0 Å². The van der Waals surface area contributed by atoms with E-state index in [1.54, 1.807) is 0 Å². The molecule has 1 nitrogen and oxygen atoms in total. The fraction of sp³-hybridized carbons (Fsp3) is 0.167. The molecule has 1 aromatic rings. The van der Waals surface area contributed by atoms with Gasteiger partial charge in [-0.25, -0.2) is 0 Å². The van der Waals surface area contributed by atoms with E-state index in [-0.39, 0.29) is 0 Å². The smallest absolute Gasteiger partial charge is 0.0407 e. The van der Waals surface area contributed by atoms with Gasteiger partial charge in [0.1, 0.15) is 0 Å². The molecule has 2 rings (SSSR count). The zero-order valence-corrected chi connectivity index (χ0v) is 8.59. The molecule has 1 aliphatic rings. The summed E-state index contributed by atoms with van der Waals surface area (Å²) in [5, 5.41) is 4.12. The summed E-state index contributed by atoms with van der Waals surface area (Å²) in [5.74, 6) is 0. The molecular weight excluding hydrogens is 194 g/mol. The summed E-state index contributed by atoms with van der Waals surface area (Å²) in [7, 11) is 0. The maximum Gasteiger partial charge on any atom is 0.0407 e. The molecular formula is C12H12ClN. The molecule has 0 atom stereocenters. The minimum Gasteiger partial charge on any atom is -0.381 e. The van der Waals surface area contributed by atoms with E-state index in [4.69, 9.17) is 11.6 Å². The minimum atomic E-state index is 0.775. The predicted octanol–water partition coefficient (Wildman–Crippen LogP) is 3.64. The highest BCUT2D eigenvalue weighted by molar-refractivity contribution is 6.30. The van der Waals surface area contributed by atoms with E-state index >= 15 is 0 Å². The average molecular weight is 206 g/mol. The molecule has 1 N–H and O–H groups in total. The summed E-state index contributed by atoms with van der Waals surface area (Å²) in [6, 6.07) is 7.77. The summed E-state index contributed by atoms with van der Waals surface area (Å²) in [5.41, 5.74) is 2.53. The van der Waals surface area contributed by atoms with E-state index in [1.165, 1.54) is 5.57 Å². The van der Waals surface area contributed by atoms with Gasteiger partial charge in [0.15, 0.2) is 0 Å². The van der Waals surface area contributed by atoms with Crippen molar-refractivity contribution in [2.45, 2.75) is 6.42 Å². The standard InChI is InChI=1S/C12H12ClN/c13-11-5-7-12(8-6-11)14-9-10-3-1-2-4-10/h1-3,5-8,14H,4,9H2. The van der Waals surface area contributed by atoms with Crippen LogP contribution in [0.25, 0.3) is 0 Å². The summed E-state index contributed by atoms with van der Waals surface area (Å²) in [6.45, 7) is 0.911. The summed E-state index contributed by atoms with van der Waals surface area (Å²) >= 11 is 5.79. The highest BCUT2D eigenvalue weighted by atomic mass is 35.5. The largest absolute Gasteiger partial charge is 0.381 e. The lowest BCUT2D eigenvalue weighted by molar-refractivity contribution is 1.14. The van der Waals surface area contributed by atoms with Crippen molar-refractivity contribution >= 4 is 17.3 Å². The number of rotatable bonds is 3. The van der Waals surface area contributed by atoms with Gasteiger partial charge in [0.05, 0.1) is 0 Å². The van der Waals surface area contributed by atoms with Crippen molar-refractivity contribution in [1.82, 2.24) is 0 Å². The minimum absolute atomic E-state index is 0.775. The van der Waals surface area contributed by atoms with Crippen molar-refractivity contribution in [2.75, 3.05) is 11.9 Å². The van der Waals surface area contributed by atoms with E-state index in [0.717, 1.165) is 23.7 Å². The van der Waals surface area contributed by atoms with E-state index in [9.17, 15) is 0 Å². The number of halogens is 1. The van der Waals surface area contributed by atoms with Crippen molar-refractivity contribution in [3.05, 3.63) is 53.1 Å². The van der Waals surface area contributed by atoms with Crippen LogP contribution in [-0.4, -0.2) is 6.54 Å². The summed E-state index contributed by atoms with van der Waals surface area (Å²) in [6.07, 6.45) is 7.49. The second-order valence-corrected chi connectivity index (χ2v) is 3.75. The fourth-order valence-corrected chi connectivity index (χ4v) is 1.53. The van der Waals surface area contributed by atoms with Gasteiger partial charge in [0.2, 0.25) is 0 Å². The molecule has 0 heterocycles. The first-order chi connectivity index (χ1) is 6.84. The number of allylic oxidation sites excluding steroid dienone is 3. The van der Waals surface area contributed by atoms with Gasteiger partial charge in [-0.1, -0.05) is 29.8 Å². The maximum absolute atomic E-state index is 5.79. The monoisotopic (exact) mass is 205 g/mol. The number of nitrogens with one attached hydrogen (secondary N) is 1. The van der Waals surface area contributed by atoms with Gasteiger partial charge in [-0.3, -0.25) is 0 Å². The van der Waals surface area contributed by atoms with Gasteiger partial charge in [0, 0.05) is 17.3 Å². The van der Waals surface area contributed by atoms with Crippen LogP contribution in [0.4, 0.5) is 5.69 Å². The van der Waals surface area contributed by atoms with Gasteiger partial charge in [0.25, 0.3) is 0 Å². The molecule has 1 aromatic carbocycles. The fourth-order valence-electron chi connectivity index (χ4n) is 1.41. The highest BCUT2D eigenvalue weighted by Gasteiger charge is 1.98. The Balaban J connectivity index is 1.89. The van der Waals surface area contributed by atoms with Crippen molar-refractivity contribution in [3.63, 3.8) is 0 Å². The summed E-state index contributed by atoms with van der Waals surface area (Å²) in [4.78, 5) is 0. The first-order valence-corrected chi connectivity index (χ1v) is 5.06. The Morgan fingerprint density at radius 2 is 2.00 bits per heavy atom. The summed E-state index contributed by atoms with van der Waals surface area (Å²) < 4.78 is 0. The third kappa shape index (κ3) is 2.39. The van der Waals surface area contributed by atoms with Crippen LogP contribution in [0.5, 0.6) is 0 Å². The number of hydrogen-bond donors (Lipinski definition) is 1. The molecule has 0 unspecified atom stereocenters. The number of anilines is 1. The van der Waals surface area contributed by atoms with Gasteiger partial charge >= 0.3 is 0 Å². The van der Waals surface area contributed by atoms with Gasteiger partial charge in [-0.2, -0.15) is 0 Å². The van der Waals surface area contributed by atoms with Gasteiger partial charge < -0.3 is 5.32 Å². The van der Waals surface area contributed by atoms with Crippen LogP contribution in [0.15, 0.2) is 48.1 Å². The third-order valence-corrected chi connectivity index (χ3v) is 2.46. The Morgan fingerprint density at radius 3 is 2.64 bits per heavy atom. The van der Waals surface area contributed by atoms with Gasteiger partial charge in [-0.05, 0) is 36.3 Å². The van der Waals surface area contributed by atoms with Crippen LogP contribution in [-0.2, 0) is 0 Å². The molecule has 0 radical (unpaired) electrons. The van der Waals surface area contributed by atoms with E-state index in [1.807, 2.05) is 24.3 Å². The van der Waals surface area contributed by atoms with Crippen molar-refractivity contribution in [3.8, 4) is 0 Å². The number of hydrogen-bond acceptors (Lipinski definition) is 1. The molecule has 0 saturated carbocycles. The Kier molecular flexibility index (Phi) is 2.90. The molecule has 0 saturated heterocycles. The van der Waals surface area contributed by atoms with Crippen molar-refractivity contribution < 1.29 is 0 Å². The Bertz CT molecular complexity index is 362. The Morgan fingerprint density at radius 1 is 1.21 bits per heavy atom. The topological polar surface area (TPSA) is 12.0 Å². The second kappa shape index (κ2) is 4.34. The quantitative estimate of drug-likeness (QED) is 0.795. The van der Waals surface area contributed by atoms with Crippen LogP contribution in [0, 0.1) is 0 Å². The first kappa shape index (κ1) is 9.35. The normalized spacial score (nSPS) is 14.2. The zero-order valence-electron chi connectivity index (χ0n) is 7.83. The lowest BCUT2D eigenvalue weighted by Crippen LogP contribution is -2.02. The van der Waals surface area contributed by atoms with Crippen LogP contribution in [0.2, 0.25) is 5.02 Å². The molecule has 72 valence electrons. The zero-order chi connectivity index (χ0) is 9.80.